The molecule has 2 amide bonds. The molecule has 1 unspecified atom stereocenters. The Labute approximate surface area is 176 Å². The molecule has 2 aliphatic heterocycles. The minimum absolute atomic E-state index is 0.0226. The molecule has 1 atom stereocenters. The molecule has 31 heavy (non-hydrogen) atoms. The van der Waals surface area contributed by atoms with Crippen LogP contribution in [0.5, 0.6) is 0 Å². The number of nitrogens with one attached hydrogen (secondary N) is 1. The molecule has 0 spiro atoms. The van der Waals surface area contributed by atoms with Gasteiger partial charge < -0.3 is 10.1 Å². The van der Waals surface area contributed by atoms with Crippen molar-refractivity contribution in [2.75, 3.05) is 0 Å². The molecule has 7 nitrogen and oxygen atoms in total. The molecular weight excluding hydrogens is 408 g/mol. The predicted molar refractivity (Wildman–Crippen MR) is 103 cm³/mol. The summed E-state index contributed by atoms with van der Waals surface area (Å²) in [6.45, 7) is 1.72. The summed E-state index contributed by atoms with van der Waals surface area (Å²) in [7, 11) is 0. The number of Topliss-reactive ketones (excluding diaryl/α,β-unsaturated/α-hetero) is 1. The van der Waals surface area contributed by atoms with E-state index in [1.807, 2.05) is 0 Å². The number of benzene rings is 1. The number of fused-ring (bicyclic) bond motifs is 1. The van der Waals surface area contributed by atoms with Gasteiger partial charge in [0.15, 0.2) is 17.4 Å². The Hall–Kier alpha value is -3.88. The van der Waals surface area contributed by atoms with Crippen LogP contribution in [0, 0.1) is 17.6 Å². The Bertz CT molecular complexity index is 1140. The van der Waals surface area contributed by atoms with Crippen molar-refractivity contribution in [1.29, 1.82) is 0 Å². The summed E-state index contributed by atoms with van der Waals surface area (Å²) in [5.74, 6) is -5.00. The van der Waals surface area contributed by atoms with Gasteiger partial charge in [-0.25, -0.2) is 8.78 Å². The first-order chi connectivity index (χ1) is 14.8. The van der Waals surface area contributed by atoms with Crippen molar-refractivity contribution in [3.8, 4) is 0 Å². The molecule has 0 radical (unpaired) electrons. The number of aromatic nitrogens is 1. The largest absolute Gasteiger partial charge is 0.433 e. The fourth-order valence-corrected chi connectivity index (χ4v) is 3.38. The standard InChI is InChI=1S/C22H17F2N3O4/c1-12-19(28)15(8-14-2-3-16(23)17(24)9-14)21(30)27-11-18(31-22(12)27)20(29)26-10-13-4-6-25-7-5-13/h2-7,9,11,15H,8,10H2,1H3,(H,26,29). The Kier molecular flexibility index (Phi) is 5.33. The van der Waals surface area contributed by atoms with Crippen molar-refractivity contribution < 1.29 is 27.9 Å². The molecule has 0 bridgehead atoms. The van der Waals surface area contributed by atoms with Crippen LogP contribution in [0.1, 0.15) is 18.1 Å². The number of rotatable bonds is 5. The van der Waals surface area contributed by atoms with Crippen molar-refractivity contribution >= 4 is 17.6 Å². The van der Waals surface area contributed by atoms with Crippen molar-refractivity contribution in [3.05, 3.63) is 88.9 Å². The lowest BCUT2D eigenvalue weighted by Crippen LogP contribution is -2.41. The van der Waals surface area contributed by atoms with E-state index >= 15 is 0 Å². The van der Waals surface area contributed by atoms with E-state index in [1.165, 1.54) is 19.2 Å². The Balaban J connectivity index is 1.51. The normalized spacial score (nSPS) is 18.0. The smallest absolute Gasteiger partial charge is 0.288 e. The number of allylic oxidation sites excluding steroid dienone is 1. The van der Waals surface area contributed by atoms with E-state index < -0.39 is 35.1 Å². The van der Waals surface area contributed by atoms with Gasteiger partial charge in [0.05, 0.1) is 11.8 Å². The second-order valence-electron chi connectivity index (χ2n) is 7.14. The third-order valence-corrected chi connectivity index (χ3v) is 5.06. The molecule has 0 saturated heterocycles. The molecule has 0 saturated carbocycles. The number of nitrogens with zero attached hydrogens (tertiary/aromatic N) is 2. The molecule has 1 aromatic heterocycles. The summed E-state index contributed by atoms with van der Waals surface area (Å²) in [6, 6.07) is 6.71. The van der Waals surface area contributed by atoms with E-state index in [0.29, 0.717) is 5.56 Å². The summed E-state index contributed by atoms with van der Waals surface area (Å²) in [5.41, 5.74) is 1.30. The van der Waals surface area contributed by atoms with Crippen LogP contribution in [0.2, 0.25) is 0 Å². The first-order valence-corrected chi connectivity index (χ1v) is 9.44. The lowest BCUT2D eigenvalue weighted by molar-refractivity contribution is -0.139. The first-order valence-electron chi connectivity index (χ1n) is 9.44. The average molecular weight is 425 g/mol. The number of carbonyl (C=O) groups is 3. The number of carbonyl (C=O) groups excluding carboxylic acids is 3. The lowest BCUT2D eigenvalue weighted by atomic mass is 9.88. The van der Waals surface area contributed by atoms with E-state index in [0.717, 1.165) is 22.6 Å². The van der Waals surface area contributed by atoms with Gasteiger partial charge in [-0.3, -0.25) is 24.3 Å². The van der Waals surface area contributed by atoms with Gasteiger partial charge in [-0.05, 0) is 48.7 Å². The zero-order chi connectivity index (χ0) is 22.1. The van der Waals surface area contributed by atoms with Crippen LogP contribution in [0.3, 0.4) is 0 Å². The fraction of sp³-hybridized carbons (Fsp3) is 0.182. The van der Waals surface area contributed by atoms with Crippen LogP contribution in [0.25, 0.3) is 0 Å². The number of ether oxygens (including phenoxy) is 1. The SMILES string of the molecule is CC1=C2OC(C(=O)NCc3ccncc3)=CN2C(=O)C(Cc2ccc(F)c(F)c2)C1=O. The quantitative estimate of drug-likeness (QED) is 0.743. The number of hydrogen-bond acceptors (Lipinski definition) is 5. The van der Waals surface area contributed by atoms with Gasteiger partial charge in [-0.1, -0.05) is 6.07 Å². The number of halogens is 2. The summed E-state index contributed by atoms with van der Waals surface area (Å²) in [4.78, 5) is 43.1. The Morgan fingerprint density at radius 1 is 1.13 bits per heavy atom. The maximum atomic E-state index is 13.5. The van der Waals surface area contributed by atoms with Crippen molar-refractivity contribution in [2.24, 2.45) is 5.92 Å². The van der Waals surface area contributed by atoms with Gasteiger partial charge in [0, 0.05) is 18.9 Å². The zero-order valence-electron chi connectivity index (χ0n) is 16.4. The van der Waals surface area contributed by atoms with Crippen LogP contribution in [0.4, 0.5) is 8.78 Å². The molecule has 4 rings (SSSR count). The van der Waals surface area contributed by atoms with Gasteiger partial charge in [0.2, 0.25) is 17.5 Å². The van der Waals surface area contributed by atoms with Crippen molar-refractivity contribution in [2.45, 2.75) is 19.9 Å². The zero-order valence-corrected chi connectivity index (χ0v) is 16.4. The molecule has 3 heterocycles. The second kappa shape index (κ2) is 8.10. The minimum atomic E-state index is -1.13. The van der Waals surface area contributed by atoms with Crippen LogP contribution < -0.4 is 5.32 Å². The lowest BCUT2D eigenvalue weighted by Gasteiger charge is -2.27. The molecule has 2 aliphatic rings. The molecule has 158 valence electrons. The van der Waals surface area contributed by atoms with Crippen LogP contribution in [-0.2, 0) is 32.1 Å². The summed E-state index contributed by atoms with van der Waals surface area (Å²) in [6.07, 6.45) is 4.32. The molecule has 1 N–H and O–H groups in total. The van der Waals surface area contributed by atoms with Crippen LogP contribution in [-0.4, -0.2) is 27.5 Å². The topological polar surface area (TPSA) is 88.6 Å². The van der Waals surface area contributed by atoms with Crippen molar-refractivity contribution in [1.82, 2.24) is 15.2 Å². The van der Waals surface area contributed by atoms with Gasteiger partial charge in [-0.2, -0.15) is 0 Å². The maximum Gasteiger partial charge on any atom is 0.288 e. The van der Waals surface area contributed by atoms with Gasteiger partial charge in [-0.15, -0.1) is 0 Å². The monoisotopic (exact) mass is 425 g/mol. The fourth-order valence-electron chi connectivity index (χ4n) is 3.38. The summed E-state index contributed by atoms with van der Waals surface area (Å²) >= 11 is 0. The highest BCUT2D eigenvalue weighted by Crippen LogP contribution is 2.34. The van der Waals surface area contributed by atoms with E-state index in [2.05, 4.69) is 10.3 Å². The van der Waals surface area contributed by atoms with E-state index in [-0.39, 0.29) is 30.2 Å². The summed E-state index contributed by atoms with van der Waals surface area (Å²) in [5, 5.41) is 2.67. The number of ketones is 1. The van der Waals surface area contributed by atoms with Crippen LogP contribution in [0.15, 0.2) is 66.1 Å². The molecule has 0 fully saturated rings. The second-order valence-corrected chi connectivity index (χ2v) is 7.14. The van der Waals surface area contributed by atoms with Gasteiger partial charge >= 0.3 is 0 Å². The van der Waals surface area contributed by atoms with E-state index in [9.17, 15) is 23.2 Å². The molecule has 1 aromatic carbocycles. The highest BCUT2D eigenvalue weighted by atomic mass is 19.2. The first kappa shape index (κ1) is 20.4. The molecule has 0 aliphatic carbocycles. The Morgan fingerprint density at radius 3 is 2.58 bits per heavy atom. The van der Waals surface area contributed by atoms with Gasteiger partial charge in [0.25, 0.3) is 5.91 Å². The van der Waals surface area contributed by atoms with Gasteiger partial charge in [0.1, 0.15) is 5.92 Å². The van der Waals surface area contributed by atoms with E-state index in [1.54, 1.807) is 24.5 Å². The maximum absolute atomic E-state index is 13.5. The molecule has 2 aromatic rings. The number of amides is 2. The highest BCUT2D eigenvalue weighted by Gasteiger charge is 2.44. The van der Waals surface area contributed by atoms with Crippen molar-refractivity contribution in [3.63, 3.8) is 0 Å². The molecular formula is C22H17F2N3O4. The predicted octanol–water partition coefficient (Wildman–Crippen LogP) is 2.35. The number of hydrogen-bond donors (Lipinski definition) is 1. The summed E-state index contributed by atoms with van der Waals surface area (Å²) < 4.78 is 32.2. The minimum Gasteiger partial charge on any atom is -0.433 e. The number of pyridine rings is 1. The third-order valence-electron chi connectivity index (χ3n) is 5.06. The molecule has 9 heteroatoms. The highest BCUT2D eigenvalue weighted by molar-refractivity contribution is 6.13. The average Bonchev–Trinajstić information content (AvgIpc) is 3.23. The van der Waals surface area contributed by atoms with E-state index in [4.69, 9.17) is 4.74 Å². The van der Waals surface area contributed by atoms with Crippen LogP contribution >= 0.6 is 0 Å². The third kappa shape index (κ3) is 3.94. The Morgan fingerprint density at radius 2 is 1.87 bits per heavy atom.